The topological polar surface area (TPSA) is 101 Å². The standard InChI is InChI=1S/C18H22ClFN4O3/c1-4-23-7-10(18(26)27)17(25)11-14(21)13(20)16(12(19)15(11)23)24-5-8(2)22-9(3)6-24/h7-9,22H,4-6,21H2,1-3H3,(H,26,27). The van der Waals surface area contributed by atoms with E-state index in [1.165, 1.54) is 10.8 Å². The molecule has 0 saturated carbocycles. The van der Waals surface area contributed by atoms with Crippen molar-refractivity contribution in [3.63, 3.8) is 0 Å². The fourth-order valence-electron chi connectivity index (χ4n) is 3.79. The lowest BCUT2D eigenvalue weighted by Gasteiger charge is -2.38. The molecule has 1 saturated heterocycles. The Hall–Kier alpha value is -2.32. The molecule has 1 fully saturated rings. The molecule has 0 radical (unpaired) electrons. The summed E-state index contributed by atoms with van der Waals surface area (Å²) in [4.78, 5) is 25.9. The highest BCUT2D eigenvalue weighted by molar-refractivity contribution is 6.38. The summed E-state index contributed by atoms with van der Waals surface area (Å²) in [6.45, 7) is 7.14. The normalized spacial score (nSPS) is 20.3. The number of nitrogens with one attached hydrogen (secondary N) is 1. The lowest BCUT2D eigenvalue weighted by molar-refractivity contribution is 0.0695. The molecule has 3 rings (SSSR count). The highest BCUT2D eigenvalue weighted by atomic mass is 35.5. The first kappa shape index (κ1) is 19.4. The van der Waals surface area contributed by atoms with E-state index in [1.54, 1.807) is 6.92 Å². The lowest BCUT2D eigenvalue weighted by atomic mass is 10.0. The summed E-state index contributed by atoms with van der Waals surface area (Å²) in [6, 6.07) is 0.229. The van der Waals surface area contributed by atoms with Crippen LogP contribution in [0.25, 0.3) is 10.9 Å². The molecule has 0 spiro atoms. The van der Waals surface area contributed by atoms with Gasteiger partial charge in [-0.3, -0.25) is 4.79 Å². The fraction of sp³-hybridized carbons (Fsp3) is 0.444. The summed E-state index contributed by atoms with van der Waals surface area (Å²) in [5.74, 6) is -2.19. The van der Waals surface area contributed by atoms with Gasteiger partial charge in [0.25, 0.3) is 0 Å². The summed E-state index contributed by atoms with van der Waals surface area (Å²) in [6.07, 6.45) is 1.23. The van der Waals surface area contributed by atoms with Crippen molar-refractivity contribution in [2.45, 2.75) is 39.4 Å². The van der Waals surface area contributed by atoms with Crippen LogP contribution in [0.4, 0.5) is 15.8 Å². The maximum atomic E-state index is 15.2. The average Bonchev–Trinajstić information content (AvgIpc) is 2.58. The van der Waals surface area contributed by atoms with Crippen LogP contribution in [0.3, 0.4) is 0 Å². The molecular formula is C18H22ClFN4O3. The number of aromatic carboxylic acids is 1. The molecule has 0 amide bonds. The number of fused-ring (bicyclic) bond motifs is 1. The number of nitrogens with zero attached hydrogens (tertiary/aromatic N) is 2. The van der Waals surface area contributed by atoms with E-state index >= 15 is 4.39 Å². The first-order chi connectivity index (χ1) is 12.7. The van der Waals surface area contributed by atoms with Crippen LogP contribution in [0.15, 0.2) is 11.0 Å². The van der Waals surface area contributed by atoms with Crippen molar-refractivity contribution in [3.8, 4) is 0 Å². The molecule has 2 atom stereocenters. The molecule has 4 N–H and O–H groups in total. The Bertz CT molecular complexity index is 981. The number of benzene rings is 1. The van der Waals surface area contributed by atoms with Gasteiger partial charge in [-0.05, 0) is 20.8 Å². The summed E-state index contributed by atoms with van der Waals surface area (Å²) < 4.78 is 16.7. The van der Waals surface area contributed by atoms with Crippen LogP contribution < -0.4 is 21.4 Å². The van der Waals surface area contributed by atoms with Crippen LogP contribution >= 0.6 is 11.6 Å². The van der Waals surface area contributed by atoms with Crippen LogP contribution in [0.5, 0.6) is 0 Å². The van der Waals surface area contributed by atoms with Crippen LogP contribution in [-0.4, -0.2) is 40.8 Å². The molecule has 1 aromatic heterocycles. The van der Waals surface area contributed by atoms with Gasteiger partial charge in [0.2, 0.25) is 5.43 Å². The minimum atomic E-state index is -1.39. The van der Waals surface area contributed by atoms with E-state index in [1.807, 2.05) is 18.7 Å². The third-order valence-corrected chi connectivity index (χ3v) is 5.21. The first-order valence-electron chi connectivity index (χ1n) is 8.75. The van der Waals surface area contributed by atoms with Crippen molar-refractivity contribution in [2.75, 3.05) is 23.7 Å². The van der Waals surface area contributed by atoms with Crippen molar-refractivity contribution >= 4 is 39.8 Å². The van der Waals surface area contributed by atoms with Gasteiger partial charge in [0, 0.05) is 37.9 Å². The highest BCUT2D eigenvalue weighted by Crippen LogP contribution is 2.40. The maximum Gasteiger partial charge on any atom is 0.341 e. The molecule has 0 aliphatic carbocycles. The zero-order valence-electron chi connectivity index (χ0n) is 15.3. The minimum Gasteiger partial charge on any atom is -0.477 e. The van der Waals surface area contributed by atoms with Crippen molar-refractivity contribution < 1.29 is 14.3 Å². The van der Waals surface area contributed by atoms with Gasteiger partial charge in [0.05, 0.1) is 27.3 Å². The number of aromatic nitrogens is 1. The van der Waals surface area contributed by atoms with Crippen molar-refractivity contribution in [3.05, 3.63) is 32.8 Å². The van der Waals surface area contributed by atoms with Crippen molar-refractivity contribution in [1.82, 2.24) is 9.88 Å². The number of aryl methyl sites for hydroxylation is 1. The first-order valence-corrected chi connectivity index (χ1v) is 9.12. The number of halogens is 2. The number of nitrogens with two attached hydrogens (primary N) is 1. The van der Waals surface area contributed by atoms with Gasteiger partial charge in [-0.15, -0.1) is 0 Å². The van der Waals surface area contributed by atoms with Gasteiger partial charge >= 0.3 is 5.97 Å². The van der Waals surface area contributed by atoms with Crippen LogP contribution in [-0.2, 0) is 6.54 Å². The van der Waals surface area contributed by atoms with Gasteiger partial charge in [-0.1, -0.05) is 11.6 Å². The van der Waals surface area contributed by atoms with Crippen molar-refractivity contribution in [2.24, 2.45) is 0 Å². The molecule has 0 bridgehead atoms. The number of carbonyl (C=O) groups is 1. The summed E-state index contributed by atoms with van der Waals surface area (Å²) in [7, 11) is 0. The second kappa shape index (κ2) is 7.01. The number of rotatable bonds is 3. The molecule has 2 unspecified atom stereocenters. The number of carboxylic acids is 1. The Morgan fingerprint density at radius 1 is 1.41 bits per heavy atom. The van der Waals surface area contributed by atoms with E-state index in [0.29, 0.717) is 19.6 Å². The summed E-state index contributed by atoms with van der Waals surface area (Å²) >= 11 is 6.57. The molecule has 27 heavy (non-hydrogen) atoms. The van der Waals surface area contributed by atoms with E-state index < -0.39 is 22.8 Å². The molecule has 2 heterocycles. The van der Waals surface area contributed by atoms with Crippen LogP contribution in [0.2, 0.25) is 5.02 Å². The molecule has 7 nitrogen and oxygen atoms in total. The number of piperazine rings is 1. The zero-order chi connectivity index (χ0) is 20.0. The van der Waals surface area contributed by atoms with Gasteiger partial charge < -0.3 is 25.6 Å². The SMILES string of the molecule is CCn1cc(C(=O)O)c(=O)c2c(N)c(F)c(N3CC(C)NC(C)C3)c(Cl)c21. The predicted octanol–water partition coefficient (Wildman–Crippen LogP) is 2.28. The van der Waals surface area contributed by atoms with Gasteiger partial charge in [0.15, 0.2) is 5.82 Å². The number of hydrogen-bond acceptors (Lipinski definition) is 5. The molecule has 1 aliphatic heterocycles. The number of carboxylic acid groups (broad SMARTS) is 1. The lowest BCUT2D eigenvalue weighted by Crippen LogP contribution is -2.54. The summed E-state index contributed by atoms with van der Waals surface area (Å²) in [5, 5.41) is 12.5. The predicted molar refractivity (Wildman–Crippen MR) is 104 cm³/mol. The van der Waals surface area contributed by atoms with Gasteiger partial charge in [0.1, 0.15) is 5.56 Å². The summed E-state index contributed by atoms with van der Waals surface area (Å²) in [5.41, 5.74) is 4.69. The monoisotopic (exact) mass is 396 g/mol. The number of nitrogen functional groups attached to an aromatic ring is 1. The quantitative estimate of drug-likeness (QED) is 0.688. The number of anilines is 2. The molecule has 1 aliphatic rings. The molecule has 1 aromatic carbocycles. The van der Waals surface area contributed by atoms with E-state index in [2.05, 4.69) is 5.32 Å². The molecule has 2 aromatic rings. The second-order valence-corrected chi connectivity index (χ2v) is 7.33. The van der Waals surface area contributed by atoms with Crippen LogP contribution in [0.1, 0.15) is 31.1 Å². The van der Waals surface area contributed by atoms with E-state index in [-0.39, 0.29) is 39.4 Å². The number of pyridine rings is 1. The Morgan fingerprint density at radius 2 is 2.00 bits per heavy atom. The smallest absolute Gasteiger partial charge is 0.341 e. The third-order valence-electron chi connectivity index (χ3n) is 4.86. The second-order valence-electron chi connectivity index (χ2n) is 6.95. The Kier molecular flexibility index (Phi) is 5.05. The maximum absolute atomic E-state index is 15.2. The Labute approximate surface area is 160 Å². The third kappa shape index (κ3) is 3.12. The van der Waals surface area contributed by atoms with Crippen molar-refractivity contribution in [1.29, 1.82) is 0 Å². The average molecular weight is 397 g/mol. The van der Waals surface area contributed by atoms with E-state index in [9.17, 15) is 14.7 Å². The fourth-order valence-corrected chi connectivity index (χ4v) is 4.19. The Morgan fingerprint density at radius 3 is 2.52 bits per heavy atom. The minimum absolute atomic E-state index is 0.0638. The van der Waals surface area contributed by atoms with Gasteiger partial charge in [-0.2, -0.15) is 0 Å². The number of hydrogen-bond donors (Lipinski definition) is 3. The highest BCUT2D eigenvalue weighted by Gasteiger charge is 2.30. The van der Waals surface area contributed by atoms with Gasteiger partial charge in [-0.25, -0.2) is 9.18 Å². The largest absolute Gasteiger partial charge is 0.477 e. The molecule has 9 heteroatoms. The zero-order valence-corrected chi connectivity index (χ0v) is 16.1. The van der Waals surface area contributed by atoms with E-state index in [0.717, 1.165) is 0 Å². The molecular weight excluding hydrogens is 375 g/mol. The molecule has 146 valence electrons. The Balaban J connectivity index is 2.38. The van der Waals surface area contributed by atoms with E-state index in [4.69, 9.17) is 17.3 Å². The van der Waals surface area contributed by atoms with Crippen LogP contribution in [0, 0.1) is 5.82 Å².